The summed E-state index contributed by atoms with van der Waals surface area (Å²) in [5, 5.41) is 19.0. The van der Waals surface area contributed by atoms with Crippen LogP contribution in [0.1, 0.15) is 18.5 Å². The number of nitrogens with one attached hydrogen (secondary N) is 2. The number of ether oxygens (including phenoxy) is 3. The minimum absolute atomic E-state index is 0.0728. The van der Waals surface area contributed by atoms with Gasteiger partial charge in [-0.1, -0.05) is 24.3 Å². The maximum absolute atomic E-state index is 10.6. The van der Waals surface area contributed by atoms with Crippen molar-refractivity contribution in [2.75, 3.05) is 19.5 Å². The maximum Gasteiger partial charge on any atom is 0.490 e. The van der Waals surface area contributed by atoms with E-state index in [1.54, 1.807) is 14.2 Å². The Hall–Kier alpha value is -4.41. The monoisotopic (exact) mass is 503 g/mol. The Labute approximate surface area is 204 Å². The fourth-order valence-corrected chi connectivity index (χ4v) is 3.31. The van der Waals surface area contributed by atoms with Crippen LogP contribution >= 0.6 is 0 Å². The van der Waals surface area contributed by atoms with Gasteiger partial charge in [-0.3, -0.25) is 5.10 Å². The van der Waals surface area contributed by atoms with E-state index in [0.717, 1.165) is 39.5 Å². The van der Waals surface area contributed by atoms with E-state index in [1.165, 1.54) is 0 Å². The maximum atomic E-state index is 10.6. The number of benzene rings is 3. The normalized spacial score (nSPS) is 11.7. The van der Waals surface area contributed by atoms with E-state index in [0.29, 0.717) is 5.82 Å². The van der Waals surface area contributed by atoms with Gasteiger partial charge >= 0.3 is 12.1 Å². The quantitative estimate of drug-likeness (QED) is 0.277. The van der Waals surface area contributed by atoms with Crippen LogP contribution in [0.15, 0.2) is 66.7 Å². The molecule has 1 atom stereocenters. The number of carboxylic acid groups (broad SMARTS) is 1. The van der Waals surface area contributed by atoms with Crippen LogP contribution in [0.2, 0.25) is 0 Å². The first-order valence-electron chi connectivity index (χ1n) is 10.6. The van der Waals surface area contributed by atoms with Crippen LogP contribution in [-0.4, -0.2) is 41.7 Å². The number of aromatic nitrogens is 2. The molecule has 1 aromatic heterocycles. The fraction of sp³-hybridized carbons (Fsp3) is 0.200. The van der Waals surface area contributed by atoms with E-state index < -0.39 is 12.1 Å². The molecular weight excluding hydrogens is 479 g/mol. The SMILES string of the molecule is COc1ccc(OC)c(C(C)Nc2n[nH]c3cccc(Oc4ccccc4)c23)c1.O=C(O)C(F)(F)F. The molecular formula is C25H24F3N3O5. The van der Waals surface area contributed by atoms with Crippen LogP contribution in [0.25, 0.3) is 10.9 Å². The van der Waals surface area contributed by atoms with Gasteiger partial charge in [0.2, 0.25) is 0 Å². The molecule has 4 rings (SSSR count). The molecule has 0 aliphatic heterocycles. The third-order valence-corrected chi connectivity index (χ3v) is 5.02. The van der Waals surface area contributed by atoms with Gasteiger partial charge < -0.3 is 24.6 Å². The first-order chi connectivity index (χ1) is 17.1. The number of rotatable bonds is 7. The Bertz CT molecular complexity index is 1310. The smallest absolute Gasteiger partial charge is 0.490 e. The van der Waals surface area contributed by atoms with Gasteiger partial charge in [-0.25, -0.2) is 4.79 Å². The third kappa shape index (κ3) is 6.38. The van der Waals surface area contributed by atoms with Crippen molar-refractivity contribution < 1.29 is 37.3 Å². The van der Waals surface area contributed by atoms with Gasteiger partial charge in [-0.2, -0.15) is 18.3 Å². The van der Waals surface area contributed by atoms with Crippen molar-refractivity contribution in [2.24, 2.45) is 0 Å². The number of alkyl halides is 3. The standard InChI is InChI=1S/C23H23N3O3.C2HF3O2/c1-15(18-14-17(27-2)12-13-20(18)28-3)24-23-22-19(25-26-23)10-7-11-21(22)29-16-8-5-4-6-9-16;3-2(4,5)1(6)7/h4-15H,1-3H3,(H2,24,25,26);(H,6,7). The number of hydrogen-bond donors (Lipinski definition) is 3. The summed E-state index contributed by atoms with van der Waals surface area (Å²) in [7, 11) is 3.31. The van der Waals surface area contributed by atoms with Crippen molar-refractivity contribution in [1.29, 1.82) is 0 Å². The van der Waals surface area contributed by atoms with Crippen molar-refractivity contribution in [3.63, 3.8) is 0 Å². The summed E-state index contributed by atoms with van der Waals surface area (Å²) < 4.78 is 48.7. The Balaban J connectivity index is 0.000000454. The van der Waals surface area contributed by atoms with Gasteiger partial charge in [0.15, 0.2) is 5.82 Å². The van der Waals surface area contributed by atoms with Gasteiger partial charge in [0.1, 0.15) is 23.0 Å². The predicted octanol–water partition coefficient (Wildman–Crippen LogP) is 6.18. The molecule has 3 aromatic carbocycles. The summed E-state index contributed by atoms with van der Waals surface area (Å²) >= 11 is 0. The van der Waals surface area contributed by atoms with E-state index in [9.17, 15) is 13.2 Å². The largest absolute Gasteiger partial charge is 0.497 e. The molecule has 190 valence electrons. The highest BCUT2D eigenvalue weighted by atomic mass is 19.4. The molecule has 0 bridgehead atoms. The Morgan fingerprint density at radius 2 is 1.67 bits per heavy atom. The Morgan fingerprint density at radius 3 is 2.28 bits per heavy atom. The second-order valence-corrected chi connectivity index (χ2v) is 7.44. The number of carboxylic acids is 1. The third-order valence-electron chi connectivity index (χ3n) is 5.02. The van der Waals surface area contributed by atoms with Gasteiger partial charge in [-0.05, 0) is 49.4 Å². The van der Waals surface area contributed by atoms with E-state index in [4.69, 9.17) is 24.1 Å². The van der Waals surface area contributed by atoms with E-state index >= 15 is 0 Å². The van der Waals surface area contributed by atoms with Crippen LogP contribution in [0, 0.1) is 0 Å². The number of aromatic amines is 1. The molecule has 3 N–H and O–H groups in total. The van der Waals surface area contributed by atoms with Gasteiger partial charge in [0.25, 0.3) is 0 Å². The van der Waals surface area contributed by atoms with Crippen LogP contribution in [0.4, 0.5) is 19.0 Å². The van der Waals surface area contributed by atoms with Gasteiger partial charge in [0, 0.05) is 5.56 Å². The first-order valence-corrected chi connectivity index (χ1v) is 10.6. The predicted molar refractivity (Wildman–Crippen MR) is 128 cm³/mol. The Morgan fingerprint density at radius 1 is 0.972 bits per heavy atom. The van der Waals surface area contributed by atoms with Crippen molar-refractivity contribution in [1.82, 2.24) is 10.2 Å². The summed E-state index contributed by atoms with van der Waals surface area (Å²) in [6.45, 7) is 2.05. The zero-order valence-electron chi connectivity index (χ0n) is 19.6. The number of fused-ring (bicyclic) bond motifs is 1. The van der Waals surface area contributed by atoms with Crippen LogP contribution in [-0.2, 0) is 4.79 Å². The van der Waals surface area contributed by atoms with Crippen molar-refractivity contribution >= 4 is 22.7 Å². The number of anilines is 1. The second kappa shape index (κ2) is 11.3. The lowest BCUT2D eigenvalue weighted by molar-refractivity contribution is -0.192. The molecule has 0 aliphatic rings. The fourth-order valence-electron chi connectivity index (χ4n) is 3.31. The Kier molecular flexibility index (Phi) is 8.26. The highest BCUT2D eigenvalue weighted by Gasteiger charge is 2.38. The molecule has 11 heteroatoms. The topological polar surface area (TPSA) is 106 Å². The molecule has 0 amide bonds. The van der Waals surface area contributed by atoms with E-state index in [2.05, 4.69) is 22.4 Å². The number of methoxy groups -OCH3 is 2. The summed E-state index contributed by atoms with van der Waals surface area (Å²) in [6, 6.07) is 21.2. The number of nitrogens with zero attached hydrogens (tertiary/aromatic N) is 1. The average molecular weight is 503 g/mol. The van der Waals surface area contributed by atoms with E-state index in [1.807, 2.05) is 66.7 Å². The van der Waals surface area contributed by atoms with Crippen molar-refractivity contribution in [2.45, 2.75) is 19.1 Å². The van der Waals surface area contributed by atoms with Crippen molar-refractivity contribution in [3.8, 4) is 23.0 Å². The second-order valence-electron chi connectivity index (χ2n) is 7.44. The molecule has 0 fully saturated rings. The van der Waals surface area contributed by atoms with Crippen LogP contribution < -0.4 is 19.5 Å². The van der Waals surface area contributed by atoms with Crippen LogP contribution in [0.5, 0.6) is 23.0 Å². The lowest BCUT2D eigenvalue weighted by Gasteiger charge is -2.18. The summed E-state index contributed by atoms with van der Waals surface area (Å²) in [6.07, 6.45) is -5.08. The summed E-state index contributed by atoms with van der Waals surface area (Å²) in [5.41, 5.74) is 1.87. The lowest BCUT2D eigenvalue weighted by atomic mass is 10.1. The average Bonchev–Trinajstić information content (AvgIpc) is 3.27. The number of halogens is 3. The lowest BCUT2D eigenvalue weighted by Crippen LogP contribution is -2.21. The highest BCUT2D eigenvalue weighted by Crippen LogP contribution is 2.37. The minimum Gasteiger partial charge on any atom is -0.497 e. The number of para-hydroxylation sites is 1. The molecule has 0 aliphatic carbocycles. The number of hydrogen-bond acceptors (Lipinski definition) is 6. The molecule has 0 saturated heterocycles. The highest BCUT2D eigenvalue weighted by molar-refractivity contribution is 5.95. The molecule has 0 radical (unpaired) electrons. The molecule has 1 unspecified atom stereocenters. The van der Waals surface area contributed by atoms with Gasteiger partial charge in [-0.15, -0.1) is 0 Å². The molecule has 0 spiro atoms. The zero-order valence-corrected chi connectivity index (χ0v) is 19.6. The van der Waals surface area contributed by atoms with Crippen molar-refractivity contribution in [3.05, 3.63) is 72.3 Å². The minimum atomic E-state index is -5.08. The van der Waals surface area contributed by atoms with Crippen LogP contribution in [0.3, 0.4) is 0 Å². The molecule has 4 aromatic rings. The molecule has 1 heterocycles. The van der Waals surface area contributed by atoms with E-state index in [-0.39, 0.29) is 6.04 Å². The molecule has 0 saturated carbocycles. The summed E-state index contributed by atoms with van der Waals surface area (Å²) in [4.78, 5) is 8.90. The first kappa shape index (κ1) is 26.2. The van der Waals surface area contributed by atoms with Gasteiger partial charge in [0.05, 0.1) is 31.2 Å². The number of H-pyrrole nitrogens is 1. The molecule has 8 nitrogen and oxygen atoms in total. The number of aliphatic carboxylic acids is 1. The zero-order chi connectivity index (χ0) is 26.3. The number of carbonyl (C=O) groups is 1. The summed E-state index contributed by atoms with van der Waals surface area (Å²) in [5.74, 6) is 1.02. The molecule has 36 heavy (non-hydrogen) atoms.